The molecule has 0 fully saturated rings. The fraction of sp³-hybridized carbons (Fsp3) is 0.176. The molecule has 7 heteroatoms. The van der Waals surface area contributed by atoms with Crippen molar-refractivity contribution in [2.75, 3.05) is 7.11 Å². The molecule has 1 unspecified atom stereocenters. The van der Waals surface area contributed by atoms with E-state index in [4.69, 9.17) is 16.3 Å². The number of benzene rings is 1. The lowest BCUT2D eigenvalue weighted by atomic mass is 10.0. The Morgan fingerprint density at radius 2 is 2.00 bits per heavy atom. The first-order valence-corrected chi connectivity index (χ1v) is 8.42. The number of hydrogen-bond acceptors (Lipinski definition) is 4. The fourth-order valence-electron chi connectivity index (χ4n) is 2.60. The second-order valence-electron chi connectivity index (χ2n) is 5.24. The van der Waals surface area contributed by atoms with Crippen molar-refractivity contribution < 1.29 is 14.3 Å². The van der Waals surface area contributed by atoms with Gasteiger partial charge in [0.15, 0.2) is 0 Å². The maximum absolute atomic E-state index is 12.1. The van der Waals surface area contributed by atoms with Crippen LogP contribution < -0.4 is 10.6 Å². The largest absolute Gasteiger partial charge is 0.466 e. The summed E-state index contributed by atoms with van der Waals surface area (Å²) in [7, 11) is 1.32. The summed E-state index contributed by atoms with van der Waals surface area (Å²) in [4.78, 5) is 25.7. The van der Waals surface area contributed by atoms with E-state index in [1.165, 1.54) is 18.4 Å². The molecule has 0 aliphatic carbocycles. The zero-order valence-corrected chi connectivity index (χ0v) is 14.6. The Hall–Kier alpha value is -2.31. The molecule has 0 radical (unpaired) electrons. The van der Waals surface area contributed by atoms with E-state index in [2.05, 4.69) is 10.6 Å². The SMILES string of the molecule is COC(=O)C1=C(C)NC(=O)NC1c1ccc(-c2ccccc2Cl)s1. The Balaban J connectivity index is 2.02. The molecule has 1 atom stereocenters. The third-order valence-corrected chi connectivity index (χ3v) is 5.24. The average molecular weight is 363 g/mol. The summed E-state index contributed by atoms with van der Waals surface area (Å²) >= 11 is 7.72. The van der Waals surface area contributed by atoms with Gasteiger partial charge in [-0.1, -0.05) is 29.8 Å². The molecule has 2 aromatic rings. The van der Waals surface area contributed by atoms with Crippen LogP contribution in [0.25, 0.3) is 10.4 Å². The maximum Gasteiger partial charge on any atom is 0.338 e. The van der Waals surface area contributed by atoms with Gasteiger partial charge in [0.25, 0.3) is 0 Å². The lowest BCUT2D eigenvalue weighted by Gasteiger charge is -2.26. The number of amides is 2. The highest BCUT2D eigenvalue weighted by Gasteiger charge is 2.32. The average Bonchev–Trinajstić information content (AvgIpc) is 3.03. The summed E-state index contributed by atoms with van der Waals surface area (Å²) in [5.41, 5.74) is 1.80. The summed E-state index contributed by atoms with van der Waals surface area (Å²) in [5, 5.41) is 6.03. The summed E-state index contributed by atoms with van der Waals surface area (Å²) in [5.74, 6) is -0.474. The second-order valence-corrected chi connectivity index (χ2v) is 6.77. The molecule has 0 bridgehead atoms. The van der Waals surface area contributed by atoms with Crippen molar-refractivity contribution in [2.45, 2.75) is 13.0 Å². The van der Waals surface area contributed by atoms with Gasteiger partial charge in [0, 0.05) is 26.0 Å². The minimum absolute atomic E-state index is 0.349. The van der Waals surface area contributed by atoms with E-state index in [9.17, 15) is 9.59 Å². The number of hydrogen-bond donors (Lipinski definition) is 2. The van der Waals surface area contributed by atoms with Crippen molar-refractivity contribution in [3.8, 4) is 10.4 Å². The first-order chi connectivity index (χ1) is 11.5. The Labute approximate surface area is 148 Å². The van der Waals surface area contributed by atoms with Gasteiger partial charge in [-0.05, 0) is 25.1 Å². The molecule has 1 aliphatic heterocycles. The van der Waals surface area contributed by atoms with Gasteiger partial charge in [-0.2, -0.15) is 0 Å². The lowest BCUT2D eigenvalue weighted by Crippen LogP contribution is -2.45. The monoisotopic (exact) mass is 362 g/mol. The number of carbonyl (C=O) groups excluding carboxylic acids is 2. The number of carbonyl (C=O) groups is 2. The lowest BCUT2D eigenvalue weighted by molar-refractivity contribution is -0.136. The molecule has 24 heavy (non-hydrogen) atoms. The first-order valence-electron chi connectivity index (χ1n) is 7.22. The molecular weight excluding hydrogens is 348 g/mol. The van der Waals surface area contributed by atoms with Crippen LogP contribution in [-0.4, -0.2) is 19.1 Å². The normalized spacial score (nSPS) is 17.3. The van der Waals surface area contributed by atoms with Crippen LogP contribution in [0.5, 0.6) is 0 Å². The van der Waals surface area contributed by atoms with E-state index >= 15 is 0 Å². The van der Waals surface area contributed by atoms with E-state index in [1.54, 1.807) is 6.92 Å². The molecule has 1 aromatic carbocycles. The van der Waals surface area contributed by atoms with Crippen LogP contribution in [0, 0.1) is 0 Å². The maximum atomic E-state index is 12.1. The van der Waals surface area contributed by atoms with Crippen LogP contribution in [0.3, 0.4) is 0 Å². The smallest absolute Gasteiger partial charge is 0.338 e. The van der Waals surface area contributed by atoms with E-state index in [0.717, 1.165) is 15.3 Å². The molecule has 2 amide bonds. The molecule has 1 aromatic heterocycles. The molecule has 0 saturated carbocycles. The number of halogens is 1. The molecule has 5 nitrogen and oxygen atoms in total. The standard InChI is InChI=1S/C17H15ClN2O3S/c1-9-14(16(21)23-2)15(20-17(22)19-9)13-8-7-12(24-13)10-5-3-4-6-11(10)18/h3-8,15H,1-2H3,(H2,19,20,22). The number of thiophene rings is 1. The summed E-state index contributed by atoms with van der Waals surface area (Å²) < 4.78 is 4.85. The Bertz CT molecular complexity index is 844. The molecule has 0 spiro atoms. The highest BCUT2D eigenvalue weighted by atomic mass is 35.5. The molecular formula is C17H15ClN2O3S. The zero-order valence-electron chi connectivity index (χ0n) is 13.1. The van der Waals surface area contributed by atoms with Crippen molar-refractivity contribution in [2.24, 2.45) is 0 Å². The van der Waals surface area contributed by atoms with Gasteiger partial charge in [0.05, 0.1) is 18.7 Å². The van der Waals surface area contributed by atoms with Crippen molar-refractivity contribution >= 4 is 34.9 Å². The van der Waals surface area contributed by atoms with Gasteiger partial charge in [-0.25, -0.2) is 9.59 Å². The quantitative estimate of drug-likeness (QED) is 0.814. The number of rotatable bonds is 3. The topological polar surface area (TPSA) is 67.4 Å². The number of esters is 1. The summed E-state index contributed by atoms with van der Waals surface area (Å²) in [6, 6.07) is 10.5. The van der Waals surface area contributed by atoms with Crippen molar-refractivity contribution in [1.82, 2.24) is 10.6 Å². The van der Waals surface area contributed by atoms with Crippen LogP contribution in [0.1, 0.15) is 17.8 Å². The van der Waals surface area contributed by atoms with Crippen LogP contribution in [-0.2, 0) is 9.53 Å². The Morgan fingerprint density at radius 1 is 1.25 bits per heavy atom. The molecule has 2 heterocycles. The van der Waals surface area contributed by atoms with Gasteiger partial charge < -0.3 is 15.4 Å². The number of ether oxygens (including phenoxy) is 1. The highest BCUT2D eigenvalue weighted by Crippen LogP contribution is 2.38. The van der Waals surface area contributed by atoms with Crippen LogP contribution in [0.4, 0.5) is 4.79 Å². The van der Waals surface area contributed by atoms with E-state index < -0.39 is 12.0 Å². The minimum atomic E-state index is -0.549. The first kappa shape index (κ1) is 16.5. The minimum Gasteiger partial charge on any atom is -0.466 e. The predicted octanol–water partition coefficient (Wildman–Crippen LogP) is 3.87. The number of methoxy groups -OCH3 is 1. The Kier molecular flexibility index (Phi) is 4.59. The molecule has 1 aliphatic rings. The molecule has 3 rings (SSSR count). The van der Waals surface area contributed by atoms with Crippen LogP contribution in [0.2, 0.25) is 5.02 Å². The fourth-order valence-corrected chi connectivity index (χ4v) is 4.00. The van der Waals surface area contributed by atoms with E-state index in [1.807, 2.05) is 36.4 Å². The third kappa shape index (κ3) is 3.02. The number of urea groups is 1. The highest BCUT2D eigenvalue weighted by molar-refractivity contribution is 7.15. The summed E-state index contributed by atoms with van der Waals surface area (Å²) in [6.07, 6.45) is 0. The van der Waals surface area contributed by atoms with Gasteiger partial charge in [-0.15, -0.1) is 11.3 Å². The van der Waals surface area contributed by atoms with E-state index in [-0.39, 0.29) is 6.03 Å². The van der Waals surface area contributed by atoms with Gasteiger partial charge in [0.2, 0.25) is 0 Å². The predicted molar refractivity (Wildman–Crippen MR) is 93.9 cm³/mol. The van der Waals surface area contributed by atoms with Crippen LogP contribution >= 0.6 is 22.9 Å². The molecule has 0 saturated heterocycles. The number of nitrogens with one attached hydrogen (secondary N) is 2. The zero-order chi connectivity index (χ0) is 17.3. The van der Waals surface area contributed by atoms with Crippen molar-refractivity contribution in [3.63, 3.8) is 0 Å². The second kappa shape index (κ2) is 6.67. The number of allylic oxidation sites excluding steroid dienone is 1. The molecule has 124 valence electrons. The Morgan fingerprint density at radius 3 is 2.71 bits per heavy atom. The van der Waals surface area contributed by atoms with Crippen molar-refractivity contribution in [3.05, 3.63) is 57.6 Å². The van der Waals surface area contributed by atoms with Crippen LogP contribution in [0.15, 0.2) is 47.7 Å². The van der Waals surface area contributed by atoms with Gasteiger partial charge in [-0.3, -0.25) is 0 Å². The van der Waals surface area contributed by atoms with E-state index in [0.29, 0.717) is 16.3 Å². The third-order valence-electron chi connectivity index (χ3n) is 3.73. The van der Waals surface area contributed by atoms with Gasteiger partial charge >= 0.3 is 12.0 Å². The van der Waals surface area contributed by atoms with Gasteiger partial charge in [0.1, 0.15) is 0 Å². The summed E-state index contributed by atoms with van der Waals surface area (Å²) in [6.45, 7) is 1.68. The molecule has 2 N–H and O–H groups in total. The van der Waals surface area contributed by atoms with Crippen molar-refractivity contribution in [1.29, 1.82) is 0 Å².